The molecule has 0 fully saturated rings. The number of ether oxygens (including phenoxy) is 3. The summed E-state index contributed by atoms with van der Waals surface area (Å²) in [6.07, 6.45) is 53.4. The fourth-order valence-electron chi connectivity index (χ4n) is 7.28. The molecule has 0 radical (unpaired) electrons. The Morgan fingerprint density at radius 2 is 0.765 bits per heavy atom. The molecule has 0 aliphatic carbocycles. The van der Waals surface area contributed by atoms with Crippen LogP contribution in [-0.4, -0.2) is 66.5 Å². The van der Waals surface area contributed by atoms with Gasteiger partial charge in [0.15, 0.2) is 6.10 Å². The van der Waals surface area contributed by atoms with Crippen LogP contribution in [0.1, 0.15) is 239 Å². The lowest BCUT2D eigenvalue weighted by Gasteiger charge is -2.21. The minimum absolute atomic E-state index is 0.132. The van der Waals surface area contributed by atoms with E-state index >= 15 is 0 Å². The van der Waals surface area contributed by atoms with Crippen molar-refractivity contribution in [2.75, 3.05) is 26.4 Å². The maximum absolute atomic E-state index is 12.8. The van der Waals surface area contributed by atoms with E-state index < -0.39 is 57.8 Å². The summed E-state index contributed by atoms with van der Waals surface area (Å²) in [6.45, 7) is 4.44. The highest BCUT2D eigenvalue weighted by molar-refractivity contribution is 7.47. The number of aliphatic hydroxyl groups excluding tert-OH is 1. The first-order chi connectivity index (χ1) is 33.2. The Morgan fingerprint density at radius 1 is 0.426 bits per heavy atom. The van der Waals surface area contributed by atoms with E-state index in [1.165, 1.54) is 89.9 Å². The standard InChI is InChI=1S/C56H99O11P/c1-4-7-10-13-16-19-21-23-24-25-26-27-28-30-31-34-36-39-42-45-54(58)63-49-53(67-56(60)47-44-41-38-35-32-29-22-20-17-14-11-8-5-2)51-65-68(61,62)64-50-52(48-57)66-55(59)46-43-40-37-33-18-15-12-9-6-3/h8,11,16-17,19-20,23-24,29,32,52-53,57H,4-7,9-10,12-15,18,21-22,25-28,30-31,33-51H2,1-3H3,(H,61,62)/b11-8-,19-16-,20-17-,24-23-,32-29-. The summed E-state index contributed by atoms with van der Waals surface area (Å²) in [5.41, 5.74) is 0. The largest absolute Gasteiger partial charge is 0.472 e. The zero-order valence-corrected chi connectivity index (χ0v) is 44.2. The van der Waals surface area contributed by atoms with Crippen LogP contribution in [0.15, 0.2) is 60.8 Å². The molecular formula is C56H99O11P. The summed E-state index contributed by atoms with van der Waals surface area (Å²) in [6, 6.07) is 0. The molecule has 0 aromatic heterocycles. The molecule has 0 heterocycles. The first-order valence-corrected chi connectivity index (χ1v) is 28.7. The lowest BCUT2D eigenvalue weighted by atomic mass is 10.1. The molecule has 12 heteroatoms. The summed E-state index contributed by atoms with van der Waals surface area (Å²) in [5, 5.41) is 9.75. The Morgan fingerprint density at radius 3 is 1.22 bits per heavy atom. The number of carbonyl (C=O) groups excluding carboxylic acids is 3. The predicted molar refractivity (Wildman–Crippen MR) is 279 cm³/mol. The Labute approximate surface area is 415 Å². The van der Waals surface area contributed by atoms with Crippen LogP contribution in [0.25, 0.3) is 0 Å². The van der Waals surface area contributed by atoms with Crippen molar-refractivity contribution in [3.63, 3.8) is 0 Å². The molecule has 3 atom stereocenters. The van der Waals surface area contributed by atoms with Crippen LogP contribution in [0.5, 0.6) is 0 Å². The van der Waals surface area contributed by atoms with Gasteiger partial charge in [0.05, 0.1) is 19.8 Å². The Bertz CT molecular complexity index is 1370. The number of phosphoric ester groups is 1. The van der Waals surface area contributed by atoms with Crippen molar-refractivity contribution in [2.45, 2.75) is 251 Å². The molecule has 0 saturated carbocycles. The molecule has 0 rings (SSSR count). The topological polar surface area (TPSA) is 155 Å². The van der Waals surface area contributed by atoms with Crippen LogP contribution in [0, 0.1) is 0 Å². The van der Waals surface area contributed by atoms with E-state index in [2.05, 4.69) is 81.5 Å². The van der Waals surface area contributed by atoms with Gasteiger partial charge in [-0.1, -0.05) is 197 Å². The molecular weight excluding hydrogens is 880 g/mol. The number of hydrogen-bond donors (Lipinski definition) is 2. The minimum atomic E-state index is -4.75. The van der Waals surface area contributed by atoms with Gasteiger partial charge in [-0.25, -0.2) is 4.57 Å². The third-order valence-corrected chi connectivity index (χ3v) is 12.4. The molecule has 0 aromatic carbocycles. The molecule has 0 aromatic rings. The second-order valence-electron chi connectivity index (χ2n) is 18.0. The van der Waals surface area contributed by atoms with Gasteiger partial charge < -0.3 is 24.2 Å². The van der Waals surface area contributed by atoms with Gasteiger partial charge in [-0.15, -0.1) is 0 Å². The van der Waals surface area contributed by atoms with E-state index in [1.54, 1.807) is 0 Å². The van der Waals surface area contributed by atoms with Gasteiger partial charge in [0, 0.05) is 19.3 Å². The lowest BCUT2D eigenvalue weighted by molar-refractivity contribution is -0.161. The van der Waals surface area contributed by atoms with Crippen molar-refractivity contribution in [2.24, 2.45) is 0 Å². The number of phosphoric acid groups is 1. The van der Waals surface area contributed by atoms with E-state index in [0.717, 1.165) is 89.9 Å². The molecule has 0 bridgehead atoms. The highest BCUT2D eigenvalue weighted by Gasteiger charge is 2.28. The van der Waals surface area contributed by atoms with Crippen LogP contribution in [0.4, 0.5) is 0 Å². The lowest BCUT2D eigenvalue weighted by Crippen LogP contribution is -2.30. The number of carbonyl (C=O) groups is 3. The van der Waals surface area contributed by atoms with E-state index in [9.17, 15) is 28.9 Å². The second kappa shape index (κ2) is 50.6. The van der Waals surface area contributed by atoms with Crippen molar-refractivity contribution in [3.05, 3.63) is 60.8 Å². The quantitative estimate of drug-likeness (QED) is 0.0197. The number of unbranched alkanes of at least 4 members (excludes halogenated alkanes) is 23. The molecule has 2 N–H and O–H groups in total. The van der Waals surface area contributed by atoms with E-state index in [0.29, 0.717) is 19.3 Å². The van der Waals surface area contributed by atoms with Gasteiger partial charge in [0.25, 0.3) is 0 Å². The normalized spacial score (nSPS) is 13.9. The number of esters is 3. The first-order valence-electron chi connectivity index (χ1n) is 27.2. The van der Waals surface area contributed by atoms with Crippen LogP contribution in [0.2, 0.25) is 0 Å². The summed E-state index contributed by atoms with van der Waals surface area (Å²) < 4.78 is 39.3. The molecule has 0 amide bonds. The third-order valence-electron chi connectivity index (χ3n) is 11.4. The molecule has 0 saturated heterocycles. The molecule has 11 nitrogen and oxygen atoms in total. The van der Waals surface area contributed by atoms with Gasteiger partial charge >= 0.3 is 25.7 Å². The van der Waals surface area contributed by atoms with Crippen LogP contribution < -0.4 is 0 Å². The minimum Gasteiger partial charge on any atom is -0.462 e. The van der Waals surface area contributed by atoms with Crippen molar-refractivity contribution in [1.29, 1.82) is 0 Å². The zero-order chi connectivity index (χ0) is 49.9. The number of aliphatic hydroxyl groups is 1. The third kappa shape index (κ3) is 48.2. The summed E-state index contributed by atoms with van der Waals surface area (Å²) in [4.78, 5) is 48.3. The van der Waals surface area contributed by atoms with Gasteiger partial charge in [-0.3, -0.25) is 23.4 Å². The highest BCUT2D eigenvalue weighted by atomic mass is 31.2. The van der Waals surface area contributed by atoms with Crippen molar-refractivity contribution in [1.82, 2.24) is 0 Å². The van der Waals surface area contributed by atoms with E-state index in [4.69, 9.17) is 23.3 Å². The number of hydrogen-bond acceptors (Lipinski definition) is 10. The molecule has 3 unspecified atom stereocenters. The molecule has 0 aliphatic rings. The van der Waals surface area contributed by atoms with Crippen molar-refractivity contribution < 1.29 is 52.2 Å². The smallest absolute Gasteiger partial charge is 0.462 e. The van der Waals surface area contributed by atoms with Gasteiger partial charge in [0.2, 0.25) is 0 Å². The molecule has 0 aliphatic heterocycles. The highest BCUT2D eigenvalue weighted by Crippen LogP contribution is 2.43. The average Bonchev–Trinajstić information content (AvgIpc) is 3.32. The summed E-state index contributed by atoms with van der Waals surface area (Å²) >= 11 is 0. The molecule has 68 heavy (non-hydrogen) atoms. The van der Waals surface area contributed by atoms with Crippen LogP contribution in [0.3, 0.4) is 0 Å². The molecule has 0 spiro atoms. The second-order valence-corrected chi connectivity index (χ2v) is 19.5. The fraction of sp³-hybridized carbons (Fsp3) is 0.768. The Kier molecular flexibility index (Phi) is 48.5. The number of rotatable bonds is 50. The van der Waals surface area contributed by atoms with Gasteiger partial charge in [-0.2, -0.15) is 0 Å². The predicted octanol–water partition coefficient (Wildman–Crippen LogP) is 15.6. The monoisotopic (exact) mass is 979 g/mol. The maximum atomic E-state index is 12.8. The van der Waals surface area contributed by atoms with Crippen molar-refractivity contribution >= 4 is 25.7 Å². The SMILES string of the molecule is CC/C=C\C/C=C\C/C=C\CCCCCC(=O)OC(COC(=O)CCCCCCCCCCC/C=C\C/C=C\CCCCC)COP(=O)(O)OCC(CO)OC(=O)CCCCCCCCCCC. The zero-order valence-electron chi connectivity index (χ0n) is 43.3. The van der Waals surface area contributed by atoms with Crippen LogP contribution >= 0.6 is 7.82 Å². The Balaban J connectivity index is 4.72. The summed E-state index contributed by atoms with van der Waals surface area (Å²) in [7, 11) is -4.75. The Hall–Kier alpha value is -2.82. The van der Waals surface area contributed by atoms with Gasteiger partial charge in [-0.05, 0) is 83.5 Å². The van der Waals surface area contributed by atoms with Crippen LogP contribution in [-0.2, 0) is 42.2 Å². The van der Waals surface area contributed by atoms with E-state index in [-0.39, 0.29) is 25.9 Å². The summed E-state index contributed by atoms with van der Waals surface area (Å²) in [5.74, 6) is -1.50. The van der Waals surface area contributed by atoms with Crippen molar-refractivity contribution in [3.8, 4) is 0 Å². The first kappa shape index (κ1) is 65.2. The molecule has 394 valence electrons. The van der Waals surface area contributed by atoms with Gasteiger partial charge in [0.1, 0.15) is 12.7 Å². The average molecular weight is 979 g/mol. The van der Waals surface area contributed by atoms with E-state index in [1.807, 2.05) is 0 Å². The maximum Gasteiger partial charge on any atom is 0.472 e. The number of allylic oxidation sites excluding steroid dienone is 10. The fourth-order valence-corrected chi connectivity index (χ4v) is 8.07.